The van der Waals surface area contributed by atoms with Crippen LogP contribution in [0.4, 0.5) is 45.5 Å². The lowest BCUT2D eigenvalue weighted by atomic mass is 9.71. The van der Waals surface area contributed by atoms with Gasteiger partial charge in [-0.3, -0.25) is 0 Å². The molecule has 2 aromatic heterocycles. The van der Waals surface area contributed by atoms with Crippen molar-refractivity contribution in [2.45, 2.75) is 72.1 Å². The second kappa shape index (κ2) is 16.2. The van der Waals surface area contributed by atoms with Gasteiger partial charge in [-0.25, -0.2) is 0 Å². The van der Waals surface area contributed by atoms with Gasteiger partial charge in [0.25, 0.3) is 0 Å². The molecule has 6 heteroatoms. The molecule has 5 atom stereocenters. The predicted molar refractivity (Wildman–Crippen MR) is 335 cm³/mol. The summed E-state index contributed by atoms with van der Waals surface area (Å²) in [6.07, 6.45) is 1.39. The van der Waals surface area contributed by atoms with Gasteiger partial charge in [-0.2, -0.15) is 0 Å². The summed E-state index contributed by atoms with van der Waals surface area (Å²) in [5.41, 5.74) is 25.1. The molecule has 4 aliphatic heterocycles. The third-order valence-electron chi connectivity index (χ3n) is 20.0. The Balaban J connectivity index is 0.961. The summed E-state index contributed by atoms with van der Waals surface area (Å²) in [5.74, 6) is 0. The van der Waals surface area contributed by atoms with Crippen LogP contribution in [0.1, 0.15) is 60.1 Å². The van der Waals surface area contributed by atoms with Gasteiger partial charge in [0.15, 0.2) is 0 Å². The number of aryl methyl sites for hydroxylation is 4. The van der Waals surface area contributed by atoms with Crippen LogP contribution in [0.15, 0.2) is 222 Å². The molecule has 6 heterocycles. The van der Waals surface area contributed by atoms with E-state index in [0.29, 0.717) is 0 Å². The molecule has 0 N–H and O–H groups in total. The molecule has 0 radical (unpaired) electrons. The maximum Gasteiger partial charge on any atom is 0.143 e. The Kier molecular flexibility index (Phi) is 9.33. The SMILES string of the molecule is C=C1c2c(C)cc(C)cc2N2c3ccc(-c4cccc5c4oc4ccccc45)cc3N(c3ccccc3)C2C12C1(CC)c3ccccc3N3c4cc(-c5cccc6c5oc5ccccc56)ccc4N(c4cc(C)cc(C)c4)C3C12CC. The van der Waals surface area contributed by atoms with E-state index < -0.39 is 16.2 Å². The van der Waals surface area contributed by atoms with Gasteiger partial charge in [0, 0.05) is 66.1 Å². The first-order chi connectivity index (χ1) is 39.6. The van der Waals surface area contributed by atoms with Crippen molar-refractivity contribution < 1.29 is 8.83 Å². The van der Waals surface area contributed by atoms with E-state index in [1.54, 1.807) is 0 Å². The molecule has 0 amide bonds. The van der Waals surface area contributed by atoms with Crippen molar-refractivity contribution in [2.24, 2.45) is 10.8 Å². The van der Waals surface area contributed by atoms with Crippen LogP contribution in [0.3, 0.4) is 0 Å². The van der Waals surface area contributed by atoms with Crippen LogP contribution in [0.2, 0.25) is 0 Å². The summed E-state index contributed by atoms with van der Waals surface area (Å²) < 4.78 is 13.6. The second-order valence-electron chi connectivity index (χ2n) is 23.7. The van der Waals surface area contributed by atoms with E-state index in [0.717, 1.165) is 84.7 Å². The monoisotopic (exact) mass is 1050 g/mol. The Hall–Kier alpha value is -9.26. The van der Waals surface area contributed by atoms with Gasteiger partial charge in [0.1, 0.15) is 34.7 Å². The third-order valence-corrected chi connectivity index (χ3v) is 20.0. The zero-order chi connectivity index (χ0) is 54.4. The molecule has 0 bridgehead atoms. The molecule has 1 fully saturated rings. The van der Waals surface area contributed by atoms with Crippen molar-refractivity contribution in [1.82, 2.24) is 0 Å². The minimum atomic E-state index is -0.596. The molecule has 1 saturated carbocycles. The first-order valence-electron chi connectivity index (χ1n) is 28.9. The van der Waals surface area contributed by atoms with Crippen LogP contribution < -0.4 is 19.6 Å². The van der Waals surface area contributed by atoms with Gasteiger partial charge in [-0.1, -0.05) is 154 Å². The number of rotatable bonds is 6. The standard InChI is InChI=1S/C75H60N4O2/c1-8-73-59-29-15-16-30-60(59)78-64-43-50(54-26-20-28-58-56-24-14-18-32-67(56)81-70(54)58)33-35-61(64)77(52-39-44(3)37-45(4)40-52)71(78)74(73,9-2)75(73)48(7)68-47(6)38-46(5)41-65(68)79-62-36-34-49(42-63(62)76(72(75)79)51-21-11-10-12-22-51)53-25-19-27-57-55-23-13-17-31-66(55)80-69(53)57/h10-43,71-72H,7-9H2,1-6H3. The summed E-state index contributed by atoms with van der Waals surface area (Å²) in [4.78, 5) is 11.0. The average molecular weight is 1050 g/mol. The van der Waals surface area contributed by atoms with Crippen LogP contribution in [0.25, 0.3) is 71.7 Å². The lowest BCUT2D eigenvalue weighted by molar-refractivity contribution is 0.277. The summed E-state index contributed by atoms with van der Waals surface area (Å²) in [6, 6.07) is 77.2. The molecule has 17 rings (SSSR count). The minimum absolute atomic E-state index is 0.167. The highest BCUT2D eigenvalue weighted by molar-refractivity contribution is 6.12. The van der Waals surface area contributed by atoms with Gasteiger partial charge in [0.2, 0.25) is 0 Å². The summed E-state index contributed by atoms with van der Waals surface area (Å²) in [7, 11) is 0. The predicted octanol–water partition coefficient (Wildman–Crippen LogP) is 20.1. The number of benzene rings is 10. The molecular formula is C75H60N4O2. The minimum Gasteiger partial charge on any atom is -0.455 e. The maximum absolute atomic E-state index is 6.79. The van der Waals surface area contributed by atoms with E-state index in [1.165, 1.54) is 78.8 Å². The van der Waals surface area contributed by atoms with E-state index in [2.05, 4.69) is 267 Å². The highest BCUT2D eigenvalue weighted by Crippen LogP contribution is 2.94. The molecule has 10 aromatic carbocycles. The van der Waals surface area contributed by atoms with Crippen LogP contribution in [0, 0.1) is 38.5 Å². The highest BCUT2D eigenvalue weighted by Gasteiger charge is 2.95. The third kappa shape index (κ3) is 5.58. The molecule has 1 aliphatic carbocycles. The Bertz CT molecular complexity index is 4700. The van der Waals surface area contributed by atoms with Crippen LogP contribution in [-0.2, 0) is 5.41 Å². The van der Waals surface area contributed by atoms with Crippen molar-refractivity contribution in [1.29, 1.82) is 0 Å². The molecule has 12 aromatic rings. The molecule has 1 spiro atoms. The summed E-state index contributed by atoms with van der Waals surface area (Å²) in [5, 5.41) is 4.52. The number of hydrogen-bond donors (Lipinski definition) is 0. The van der Waals surface area contributed by atoms with Gasteiger partial charge < -0.3 is 28.4 Å². The smallest absolute Gasteiger partial charge is 0.143 e. The fraction of sp³-hybridized carbons (Fsp3) is 0.173. The second-order valence-corrected chi connectivity index (χ2v) is 23.7. The van der Waals surface area contributed by atoms with Gasteiger partial charge in [-0.15, -0.1) is 0 Å². The zero-order valence-corrected chi connectivity index (χ0v) is 46.5. The first-order valence-corrected chi connectivity index (χ1v) is 28.9. The van der Waals surface area contributed by atoms with Crippen LogP contribution in [-0.4, -0.2) is 12.3 Å². The van der Waals surface area contributed by atoms with E-state index in [1.807, 2.05) is 0 Å². The molecule has 5 aliphatic rings. The van der Waals surface area contributed by atoms with Crippen LogP contribution >= 0.6 is 0 Å². The average Bonchev–Trinajstić information content (AvgIpc) is 1.43. The molecular weight excluding hydrogens is 989 g/mol. The van der Waals surface area contributed by atoms with Gasteiger partial charge in [0.05, 0.1) is 33.9 Å². The van der Waals surface area contributed by atoms with Crippen molar-refractivity contribution in [2.75, 3.05) is 19.6 Å². The molecule has 392 valence electrons. The largest absolute Gasteiger partial charge is 0.455 e. The van der Waals surface area contributed by atoms with E-state index >= 15 is 0 Å². The van der Waals surface area contributed by atoms with Gasteiger partial charge in [-0.05, 0) is 158 Å². The Morgan fingerprint density at radius 3 is 1.58 bits per heavy atom. The fourth-order valence-electron chi connectivity index (χ4n) is 17.6. The molecule has 81 heavy (non-hydrogen) atoms. The quantitative estimate of drug-likeness (QED) is 0.165. The van der Waals surface area contributed by atoms with Crippen molar-refractivity contribution in [3.63, 3.8) is 0 Å². The highest BCUT2D eigenvalue weighted by atomic mass is 16.3. The van der Waals surface area contributed by atoms with E-state index in [4.69, 9.17) is 15.4 Å². The Labute approximate surface area is 472 Å². The normalized spacial score (nSPS) is 21.9. The number of furan rings is 2. The Morgan fingerprint density at radius 2 is 0.951 bits per heavy atom. The number of anilines is 8. The number of nitrogens with zero attached hydrogens (tertiary/aromatic N) is 4. The summed E-state index contributed by atoms with van der Waals surface area (Å²) >= 11 is 0. The topological polar surface area (TPSA) is 39.2 Å². The van der Waals surface area contributed by atoms with E-state index in [9.17, 15) is 0 Å². The number of fused-ring (bicyclic) bond motifs is 22. The molecule has 6 nitrogen and oxygen atoms in total. The van der Waals surface area contributed by atoms with Crippen molar-refractivity contribution in [3.8, 4) is 22.3 Å². The zero-order valence-electron chi connectivity index (χ0n) is 46.5. The lowest BCUT2D eigenvalue weighted by Crippen LogP contribution is -2.56. The van der Waals surface area contributed by atoms with E-state index in [-0.39, 0.29) is 12.3 Å². The maximum atomic E-state index is 6.79. The van der Waals surface area contributed by atoms with Gasteiger partial charge >= 0.3 is 0 Å². The van der Waals surface area contributed by atoms with Crippen molar-refractivity contribution >= 4 is 94.9 Å². The van der Waals surface area contributed by atoms with Crippen molar-refractivity contribution in [3.05, 3.63) is 246 Å². The van der Waals surface area contributed by atoms with Crippen LogP contribution in [0.5, 0.6) is 0 Å². The molecule has 0 saturated heterocycles. The summed E-state index contributed by atoms with van der Waals surface area (Å²) in [6.45, 7) is 19.7. The molecule has 5 unspecified atom stereocenters. The first kappa shape index (κ1) is 46.6. The fourth-order valence-corrected chi connectivity index (χ4v) is 17.6. The number of para-hydroxylation sites is 6. The Morgan fingerprint density at radius 1 is 0.420 bits per heavy atom. The lowest BCUT2D eigenvalue weighted by Gasteiger charge is -2.50. The number of hydrogen-bond acceptors (Lipinski definition) is 6.